The Morgan fingerprint density at radius 2 is 2.05 bits per heavy atom. The van der Waals surface area contributed by atoms with Crippen molar-refractivity contribution in [3.63, 3.8) is 0 Å². The van der Waals surface area contributed by atoms with Gasteiger partial charge >= 0.3 is 0 Å². The topological polar surface area (TPSA) is 63.7 Å². The summed E-state index contributed by atoms with van der Waals surface area (Å²) in [7, 11) is -3.80. The Hall–Kier alpha value is -1.66. The third kappa shape index (κ3) is 3.26. The summed E-state index contributed by atoms with van der Waals surface area (Å²) in [5.74, 6) is -0.416. The van der Waals surface area contributed by atoms with E-state index in [9.17, 15) is 13.2 Å². The molecule has 1 unspecified atom stereocenters. The standard InChI is InChI=1S/C14H17NO4S/c1-2-19-14-9-8-13(16)15(14)20(17,18)11-10-12-6-4-3-5-7-12/h3-7,10-11,14H,2,8-9H2,1H3/b11-10+. The fourth-order valence-corrected chi connectivity index (χ4v) is 3.41. The van der Waals surface area contributed by atoms with Crippen LogP contribution in [0.1, 0.15) is 25.3 Å². The molecule has 20 heavy (non-hydrogen) atoms. The maximum atomic E-state index is 12.2. The Kier molecular flexibility index (Phi) is 4.57. The van der Waals surface area contributed by atoms with Crippen LogP contribution in [0.15, 0.2) is 35.7 Å². The van der Waals surface area contributed by atoms with Crippen LogP contribution < -0.4 is 0 Å². The molecule has 1 aliphatic rings. The van der Waals surface area contributed by atoms with E-state index in [-0.39, 0.29) is 6.42 Å². The predicted molar refractivity (Wildman–Crippen MR) is 75.9 cm³/mol. The molecule has 2 rings (SSSR count). The first-order chi connectivity index (χ1) is 9.54. The quantitative estimate of drug-likeness (QED) is 0.833. The molecule has 0 saturated carbocycles. The summed E-state index contributed by atoms with van der Waals surface area (Å²) in [6.07, 6.45) is 1.40. The first kappa shape index (κ1) is 14.7. The SMILES string of the molecule is CCOC1CCC(=O)N1S(=O)(=O)/C=C/c1ccccc1. The molecule has 1 aliphatic heterocycles. The predicted octanol–water partition coefficient (Wildman–Crippen LogP) is 1.97. The highest BCUT2D eigenvalue weighted by atomic mass is 32.2. The second-order valence-electron chi connectivity index (χ2n) is 4.40. The zero-order valence-electron chi connectivity index (χ0n) is 11.2. The van der Waals surface area contributed by atoms with Crippen molar-refractivity contribution in [1.82, 2.24) is 4.31 Å². The first-order valence-electron chi connectivity index (χ1n) is 6.46. The van der Waals surface area contributed by atoms with Crippen LogP contribution >= 0.6 is 0 Å². The van der Waals surface area contributed by atoms with E-state index in [2.05, 4.69) is 0 Å². The third-order valence-electron chi connectivity index (χ3n) is 2.98. The number of ether oxygens (including phenoxy) is 1. The van der Waals surface area contributed by atoms with Crippen LogP contribution in [0.2, 0.25) is 0 Å². The highest BCUT2D eigenvalue weighted by Gasteiger charge is 2.38. The second kappa shape index (κ2) is 6.19. The zero-order chi connectivity index (χ0) is 14.6. The summed E-state index contributed by atoms with van der Waals surface area (Å²) in [4.78, 5) is 11.8. The maximum Gasteiger partial charge on any atom is 0.261 e. The molecule has 0 aromatic heterocycles. The Morgan fingerprint density at radius 1 is 1.35 bits per heavy atom. The lowest BCUT2D eigenvalue weighted by molar-refractivity contribution is -0.128. The molecule has 0 radical (unpaired) electrons. The van der Waals surface area contributed by atoms with Crippen LogP contribution in [-0.2, 0) is 19.6 Å². The number of rotatable bonds is 5. The van der Waals surface area contributed by atoms with Gasteiger partial charge in [0.05, 0.1) is 5.41 Å². The molecule has 1 aromatic rings. The Balaban J connectivity index is 2.21. The highest BCUT2D eigenvalue weighted by Crippen LogP contribution is 2.24. The fourth-order valence-electron chi connectivity index (χ4n) is 2.08. The van der Waals surface area contributed by atoms with Crippen LogP contribution in [0.4, 0.5) is 0 Å². The van der Waals surface area contributed by atoms with Gasteiger partial charge in [0.2, 0.25) is 5.91 Å². The minimum Gasteiger partial charge on any atom is -0.357 e. The van der Waals surface area contributed by atoms with E-state index in [1.807, 2.05) is 18.2 Å². The third-order valence-corrected chi connectivity index (χ3v) is 4.44. The number of sulfonamides is 1. The Morgan fingerprint density at radius 3 is 2.70 bits per heavy atom. The van der Waals surface area contributed by atoms with Crippen molar-refractivity contribution in [1.29, 1.82) is 0 Å². The molecule has 1 heterocycles. The van der Waals surface area contributed by atoms with Crippen molar-refractivity contribution in [2.45, 2.75) is 26.0 Å². The summed E-state index contributed by atoms with van der Waals surface area (Å²) in [5.41, 5.74) is 0.760. The fraction of sp³-hybridized carbons (Fsp3) is 0.357. The molecule has 1 fully saturated rings. The summed E-state index contributed by atoms with van der Waals surface area (Å²) in [5, 5.41) is 1.05. The van der Waals surface area contributed by atoms with Crippen molar-refractivity contribution in [3.8, 4) is 0 Å². The minimum atomic E-state index is -3.80. The molecule has 1 aromatic carbocycles. The zero-order valence-corrected chi connectivity index (χ0v) is 12.0. The summed E-state index contributed by atoms with van der Waals surface area (Å²) in [6.45, 7) is 2.14. The summed E-state index contributed by atoms with van der Waals surface area (Å²) in [6, 6.07) is 9.06. The number of amides is 1. The van der Waals surface area contributed by atoms with Gasteiger partial charge in [0, 0.05) is 19.4 Å². The van der Waals surface area contributed by atoms with Gasteiger partial charge in [-0.15, -0.1) is 0 Å². The highest BCUT2D eigenvalue weighted by molar-refractivity contribution is 7.92. The van der Waals surface area contributed by atoms with Gasteiger partial charge in [0.25, 0.3) is 10.0 Å². The number of hydrogen-bond donors (Lipinski definition) is 0. The van der Waals surface area contributed by atoms with Gasteiger partial charge < -0.3 is 4.74 Å². The molecule has 1 saturated heterocycles. The molecule has 0 aliphatic carbocycles. The number of carbonyl (C=O) groups excluding carboxylic acids is 1. The molecule has 6 heteroatoms. The van der Waals surface area contributed by atoms with Crippen LogP contribution in [-0.4, -0.2) is 31.5 Å². The van der Waals surface area contributed by atoms with Gasteiger partial charge in [0.15, 0.2) is 0 Å². The minimum absolute atomic E-state index is 0.197. The van der Waals surface area contributed by atoms with Crippen molar-refractivity contribution < 1.29 is 17.9 Å². The van der Waals surface area contributed by atoms with Crippen molar-refractivity contribution >= 4 is 22.0 Å². The van der Waals surface area contributed by atoms with Crippen LogP contribution in [0.5, 0.6) is 0 Å². The number of nitrogens with zero attached hydrogens (tertiary/aromatic N) is 1. The smallest absolute Gasteiger partial charge is 0.261 e. The molecule has 0 N–H and O–H groups in total. The van der Waals surface area contributed by atoms with Crippen molar-refractivity contribution in [3.05, 3.63) is 41.3 Å². The molecule has 0 spiro atoms. The van der Waals surface area contributed by atoms with E-state index < -0.39 is 22.2 Å². The van der Waals surface area contributed by atoms with E-state index in [1.165, 1.54) is 6.08 Å². The van der Waals surface area contributed by atoms with Gasteiger partial charge in [0.1, 0.15) is 6.23 Å². The maximum absolute atomic E-state index is 12.2. The summed E-state index contributed by atoms with van der Waals surface area (Å²) < 4.78 is 30.6. The average Bonchev–Trinajstić information content (AvgIpc) is 2.80. The second-order valence-corrected chi connectivity index (χ2v) is 6.09. The van der Waals surface area contributed by atoms with E-state index in [0.717, 1.165) is 15.3 Å². The molecule has 5 nitrogen and oxygen atoms in total. The average molecular weight is 295 g/mol. The van der Waals surface area contributed by atoms with Gasteiger partial charge in [-0.2, -0.15) is 0 Å². The Bertz CT molecular complexity index is 595. The van der Waals surface area contributed by atoms with Gasteiger partial charge in [-0.25, -0.2) is 12.7 Å². The Labute approximate surface area is 118 Å². The van der Waals surface area contributed by atoms with Crippen LogP contribution in [0, 0.1) is 0 Å². The van der Waals surface area contributed by atoms with Gasteiger partial charge in [-0.05, 0) is 18.6 Å². The van der Waals surface area contributed by atoms with Gasteiger partial charge in [-0.1, -0.05) is 30.3 Å². The first-order valence-corrected chi connectivity index (χ1v) is 7.97. The molecule has 0 bridgehead atoms. The summed E-state index contributed by atoms with van der Waals surface area (Å²) >= 11 is 0. The van der Waals surface area contributed by atoms with Crippen molar-refractivity contribution in [2.75, 3.05) is 6.61 Å². The largest absolute Gasteiger partial charge is 0.357 e. The lowest BCUT2D eigenvalue weighted by atomic mass is 10.2. The molecular formula is C14H17NO4S. The van der Waals surface area contributed by atoms with E-state index in [0.29, 0.717) is 13.0 Å². The van der Waals surface area contributed by atoms with Crippen LogP contribution in [0.3, 0.4) is 0 Å². The van der Waals surface area contributed by atoms with E-state index >= 15 is 0 Å². The molecule has 108 valence electrons. The molecular weight excluding hydrogens is 278 g/mol. The number of benzene rings is 1. The monoisotopic (exact) mass is 295 g/mol. The van der Waals surface area contributed by atoms with E-state index in [1.54, 1.807) is 19.1 Å². The van der Waals surface area contributed by atoms with Gasteiger partial charge in [-0.3, -0.25) is 4.79 Å². The molecule has 1 atom stereocenters. The number of carbonyl (C=O) groups is 1. The van der Waals surface area contributed by atoms with E-state index in [4.69, 9.17) is 4.74 Å². The van der Waals surface area contributed by atoms with Crippen molar-refractivity contribution in [2.24, 2.45) is 0 Å². The van der Waals surface area contributed by atoms with Crippen LogP contribution in [0.25, 0.3) is 6.08 Å². The normalized spacial score (nSPS) is 19.9. The lowest BCUT2D eigenvalue weighted by Crippen LogP contribution is -2.38. The number of hydrogen-bond acceptors (Lipinski definition) is 4. The molecule has 1 amide bonds. The lowest BCUT2D eigenvalue weighted by Gasteiger charge is -2.22.